The van der Waals surface area contributed by atoms with E-state index in [2.05, 4.69) is 38.2 Å². The smallest absolute Gasteiger partial charge is 0.123 e. The first-order valence-corrected chi connectivity index (χ1v) is 6.46. The minimum atomic E-state index is 0.332. The molecule has 2 nitrogen and oxygen atoms in total. The van der Waals surface area contributed by atoms with Crippen molar-refractivity contribution in [2.45, 2.75) is 45.7 Å². The Morgan fingerprint density at radius 3 is 2.47 bits per heavy atom. The summed E-state index contributed by atoms with van der Waals surface area (Å²) in [5.74, 6) is 0.973. The number of ether oxygens (including phenoxy) is 1. The van der Waals surface area contributed by atoms with Crippen LogP contribution in [0.25, 0.3) is 0 Å². The van der Waals surface area contributed by atoms with Crippen molar-refractivity contribution < 1.29 is 4.74 Å². The van der Waals surface area contributed by atoms with E-state index < -0.39 is 0 Å². The van der Waals surface area contributed by atoms with Gasteiger partial charge in [0.15, 0.2) is 0 Å². The first-order chi connectivity index (χ1) is 8.07. The van der Waals surface area contributed by atoms with E-state index in [1.54, 1.807) is 7.11 Å². The molecule has 1 aromatic rings. The summed E-state index contributed by atoms with van der Waals surface area (Å²) in [7, 11) is 1.73. The van der Waals surface area contributed by atoms with Crippen LogP contribution >= 0.6 is 0 Å². The fourth-order valence-electron chi connectivity index (χ4n) is 2.32. The van der Waals surface area contributed by atoms with E-state index in [4.69, 9.17) is 4.74 Å². The highest BCUT2D eigenvalue weighted by Gasteiger charge is 2.42. The quantitative estimate of drug-likeness (QED) is 0.840. The van der Waals surface area contributed by atoms with Crippen LogP contribution in [-0.2, 0) is 0 Å². The minimum Gasteiger partial charge on any atom is -0.496 e. The van der Waals surface area contributed by atoms with Crippen LogP contribution in [0.5, 0.6) is 5.75 Å². The summed E-state index contributed by atoms with van der Waals surface area (Å²) in [5.41, 5.74) is 1.75. The Morgan fingerprint density at radius 2 is 1.88 bits per heavy atom. The lowest BCUT2D eigenvalue weighted by molar-refractivity contribution is 0.341. The van der Waals surface area contributed by atoms with Crippen LogP contribution in [0.2, 0.25) is 0 Å². The molecule has 1 aliphatic rings. The van der Waals surface area contributed by atoms with Gasteiger partial charge in [-0.1, -0.05) is 25.1 Å². The van der Waals surface area contributed by atoms with E-state index in [-0.39, 0.29) is 0 Å². The third-order valence-corrected chi connectivity index (χ3v) is 4.19. The highest BCUT2D eigenvalue weighted by molar-refractivity contribution is 5.35. The minimum absolute atomic E-state index is 0.332. The fraction of sp³-hybridized carbons (Fsp3) is 0.600. The molecule has 1 aromatic carbocycles. The van der Waals surface area contributed by atoms with Crippen LogP contribution in [0.3, 0.4) is 0 Å². The van der Waals surface area contributed by atoms with Gasteiger partial charge in [-0.3, -0.25) is 0 Å². The Morgan fingerprint density at radius 1 is 1.24 bits per heavy atom. The van der Waals surface area contributed by atoms with Gasteiger partial charge in [0.25, 0.3) is 0 Å². The Hall–Kier alpha value is -1.02. The molecule has 0 aromatic heterocycles. The molecule has 0 amide bonds. The zero-order chi connectivity index (χ0) is 12.5. The monoisotopic (exact) mass is 233 g/mol. The number of nitrogens with one attached hydrogen (secondary N) is 1. The van der Waals surface area contributed by atoms with Gasteiger partial charge in [-0.05, 0) is 38.2 Å². The van der Waals surface area contributed by atoms with Gasteiger partial charge < -0.3 is 10.1 Å². The van der Waals surface area contributed by atoms with Crippen molar-refractivity contribution in [3.8, 4) is 5.75 Å². The van der Waals surface area contributed by atoms with E-state index in [1.165, 1.54) is 18.4 Å². The summed E-state index contributed by atoms with van der Waals surface area (Å²) in [6.07, 6.45) is 2.69. The van der Waals surface area contributed by atoms with Crippen molar-refractivity contribution in [1.29, 1.82) is 0 Å². The Bertz CT molecular complexity index is 384. The molecular weight excluding hydrogens is 210 g/mol. The van der Waals surface area contributed by atoms with Crippen LogP contribution in [0.4, 0.5) is 0 Å². The maximum absolute atomic E-state index is 5.41. The molecule has 1 N–H and O–H groups in total. The molecule has 1 unspecified atom stereocenters. The van der Waals surface area contributed by atoms with E-state index in [0.29, 0.717) is 17.5 Å². The van der Waals surface area contributed by atoms with Gasteiger partial charge in [0.2, 0.25) is 0 Å². The van der Waals surface area contributed by atoms with Gasteiger partial charge in [-0.2, -0.15) is 0 Å². The normalized spacial score (nSPS) is 20.7. The number of para-hydroxylation sites is 1. The molecule has 1 aliphatic carbocycles. The first-order valence-electron chi connectivity index (χ1n) is 6.46. The molecule has 0 aliphatic heterocycles. The van der Waals surface area contributed by atoms with Crippen LogP contribution in [0.1, 0.15) is 45.2 Å². The topological polar surface area (TPSA) is 21.3 Å². The average Bonchev–Trinajstić information content (AvgIpc) is 3.08. The Kier molecular flexibility index (Phi) is 3.43. The molecule has 0 radical (unpaired) electrons. The summed E-state index contributed by atoms with van der Waals surface area (Å²) < 4.78 is 5.41. The van der Waals surface area contributed by atoms with Crippen LogP contribution in [0.15, 0.2) is 24.3 Å². The molecule has 1 saturated carbocycles. The van der Waals surface area contributed by atoms with Gasteiger partial charge >= 0.3 is 0 Å². The van der Waals surface area contributed by atoms with Crippen LogP contribution in [0, 0.1) is 5.41 Å². The van der Waals surface area contributed by atoms with Gasteiger partial charge in [0, 0.05) is 17.6 Å². The molecular formula is C15H23NO. The summed E-state index contributed by atoms with van der Waals surface area (Å²) >= 11 is 0. The second-order valence-corrected chi connectivity index (χ2v) is 5.51. The van der Waals surface area contributed by atoms with Crippen molar-refractivity contribution >= 4 is 0 Å². The molecule has 0 bridgehead atoms. The summed E-state index contributed by atoms with van der Waals surface area (Å²) in [6.45, 7) is 6.86. The van der Waals surface area contributed by atoms with Crippen molar-refractivity contribution in [2.75, 3.05) is 7.11 Å². The second-order valence-electron chi connectivity index (χ2n) is 5.51. The van der Waals surface area contributed by atoms with E-state index >= 15 is 0 Å². The van der Waals surface area contributed by atoms with Gasteiger partial charge in [0.05, 0.1) is 7.11 Å². The van der Waals surface area contributed by atoms with Gasteiger partial charge in [0.1, 0.15) is 5.75 Å². The largest absolute Gasteiger partial charge is 0.496 e. The van der Waals surface area contributed by atoms with Crippen LogP contribution < -0.4 is 10.1 Å². The summed E-state index contributed by atoms with van der Waals surface area (Å²) in [5, 5.41) is 3.69. The Balaban J connectivity index is 2.06. The molecule has 2 rings (SSSR count). The lowest BCUT2D eigenvalue weighted by atomic mass is 9.98. The molecule has 17 heavy (non-hydrogen) atoms. The maximum atomic E-state index is 5.41. The number of hydrogen-bond donors (Lipinski definition) is 1. The number of rotatable bonds is 5. The molecule has 0 saturated heterocycles. The summed E-state index contributed by atoms with van der Waals surface area (Å²) in [4.78, 5) is 0. The number of methoxy groups -OCH3 is 1. The second kappa shape index (κ2) is 4.69. The van der Waals surface area contributed by atoms with E-state index in [0.717, 1.165) is 5.75 Å². The van der Waals surface area contributed by atoms with Gasteiger partial charge in [-0.25, -0.2) is 0 Å². The van der Waals surface area contributed by atoms with Crippen LogP contribution in [-0.4, -0.2) is 13.2 Å². The number of hydrogen-bond acceptors (Lipinski definition) is 2. The number of benzene rings is 1. The predicted octanol–water partition coefficient (Wildman–Crippen LogP) is 3.53. The average molecular weight is 233 g/mol. The van der Waals surface area contributed by atoms with E-state index in [9.17, 15) is 0 Å². The first kappa shape index (κ1) is 12.4. The lowest BCUT2D eigenvalue weighted by Gasteiger charge is -2.26. The molecule has 0 spiro atoms. The third-order valence-electron chi connectivity index (χ3n) is 4.19. The molecule has 2 heteroatoms. The SMILES string of the molecule is COc1ccccc1[C@H](C)NC(C)C1(C)CC1. The van der Waals surface area contributed by atoms with Gasteiger partial charge in [-0.15, -0.1) is 0 Å². The maximum Gasteiger partial charge on any atom is 0.123 e. The van der Waals surface area contributed by atoms with Crippen molar-refractivity contribution in [3.63, 3.8) is 0 Å². The predicted molar refractivity (Wildman–Crippen MR) is 71.3 cm³/mol. The van der Waals surface area contributed by atoms with Crippen molar-refractivity contribution in [2.24, 2.45) is 5.41 Å². The molecule has 1 fully saturated rings. The zero-order valence-electron chi connectivity index (χ0n) is 11.3. The molecule has 0 heterocycles. The van der Waals surface area contributed by atoms with Crippen molar-refractivity contribution in [1.82, 2.24) is 5.32 Å². The van der Waals surface area contributed by atoms with Crippen molar-refractivity contribution in [3.05, 3.63) is 29.8 Å². The lowest BCUT2D eigenvalue weighted by Crippen LogP contribution is -2.35. The zero-order valence-corrected chi connectivity index (χ0v) is 11.3. The Labute approximate surface area is 104 Å². The molecule has 2 atom stereocenters. The summed E-state index contributed by atoms with van der Waals surface area (Å²) in [6, 6.07) is 9.14. The highest BCUT2D eigenvalue weighted by atomic mass is 16.5. The third kappa shape index (κ3) is 2.63. The fourth-order valence-corrected chi connectivity index (χ4v) is 2.32. The van der Waals surface area contributed by atoms with E-state index in [1.807, 2.05) is 12.1 Å². The highest BCUT2D eigenvalue weighted by Crippen LogP contribution is 2.48. The standard InChI is InChI=1S/C15H23NO/c1-11(16-12(2)15(3)9-10-15)13-7-5-6-8-14(13)17-4/h5-8,11-12,16H,9-10H2,1-4H3/t11-,12?/m0/s1. The molecule has 94 valence electrons.